The molecule has 0 saturated carbocycles. The van der Waals surface area contributed by atoms with Crippen molar-refractivity contribution in [3.8, 4) is 11.8 Å². The average Bonchev–Trinajstić information content (AvgIpc) is 2.29. The van der Waals surface area contributed by atoms with Gasteiger partial charge in [-0.2, -0.15) is 5.26 Å². The molecule has 8 heteroatoms. The predicted octanol–water partition coefficient (Wildman–Crippen LogP) is 1.68. The second-order valence-corrected chi connectivity index (χ2v) is 5.25. The van der Waals surface area contributed by atoms with Gasteiger partial charge in [0.05, 0.1) is 12.7 Å². The van der Waals surface area contributed by atoms with Crippen molar-refractivity contribution in [3.63, 3.8) is 0 Å². The van der Waals surface area contributed by atoms with Crippen LogP contribution in [0.1, 0.15) is 19.3 Å². The van der Waals surface area contributed by atoms with Crippen LogP contribution in [0.3, 0.4) is 0 Å². The fraction of sp³-hybridized carbons (Fsp3) is 0.364. The number of hydrogen-bond acceptors (Lipinski definition) is 4. The Morgan fingerprint density at radius 3 is 2.58 bits per heavy atom. The summed E-state index contributed by atoms with van der Waals surface area (Å²) in [4.78, 5) is -0.731. The summed E-state index contributed by atoms with van der Waals surface area (Å²) < 4.78 is 53.9. The second kappa shape index (κ2) is 6.45. The Balaban J connectivity index is 2.91. The third-order valence-electron chi connectivity index (χ3n) is 2.21. The van der Waals surface area contributed by atoms with Crippen molar-refractivity contribution in [1.29, 1.82) is 5.26 Å². The molecule has 0 heterocycles. The summed E-state index contributed by atoms with van der Waals surface area (Å²) in [6.45, 7) is 0.00670. The molecule has 104 valence electrons. The highest BCUT2D eigenvalue weighted by molar-refractivity contribution is 7.89. The number of nitrogens with zero attached hydrogens (tertiary/aromatic N) is 1. The third-order valence-corrected chi connectivity index (χ3v) is 3.13. The minimum atomic E-state index is -4.28. The van der Waals surface area contributed by atoms with Gasteiger partial charge in [-0.05, 0) is 18.9 Å². The average molecular weight is 290 g/mol. The highest BCUT2D eigenvalue weighted by atomic mass is 32.2. The van der Waals surface area contributed by atoms with E-state index in [2.05, 4.69) is 0 Å². The lowest BCUT2D eigenvalue weighted by Crippen LogP contribution is -2.15. The number of rotatable bonds is 6. The molecule has 1 rings (SSSR count). The Hall–Kier alpha value is -1.72. The zero-order valence-corrected chi connectivity index (χ0v) is 10.7. The van der Waals surface area contributed by atoms with E-state index in [1.165, 1.54) is 0 Å². The van der Waals surface area contributed by atoms with Gasteiger partial charge >= 0.3 is 0 Å². The number of ether oxygens (including phenoxy) is 1. The smallest absolute Gasteiger partial charge is 0.241 e. The van der Waals surface area contributed by atoms with Crippen LogP contribution in [0.4, 0.5) is 8.78 Å². The molecule has 0 aliphatic heterocycles. The van der Waals surface area contributed by atoms with Crippen molar-refractivity contribution < 1.29 is 21.9 Å². The van der Waals surface area contributed by atoms with Crippen molar-refractivity contribution in [3.05, 3.63) is 23.8 Å². The molecule has 0 spiro atoms. The van der Waals surface area contributed by atoms with E-state index < -0.39 is 32.3 Å². The third kappa shape index (κ3) is 4.46. The normalized spacial score (nSPS) is 11.1. The zero-order valence-electron chi connectivity index (χ0n) is 9.90. The zero-order chi connectivity index (χ0) is 14.5. The Kier molecular flexibility index (Phi) is 5.20. The van der Waals surface area contributed by atoms with E-state index in [0.717, 1.165) is 0 Å². The summed E-state index contributed by atoms with van der Waals surface area (Å²) >= 11 is 0. The highest BCUT2D eigenvalue weighted by Crippen LogP contribution is 2.27. The first-order valence-electron chi connectivity index (χ1n) is 5.38. The van der Waals surface area contributed by atoms with Crippen molar-refractivity contribution in [2.45, 2.75) is 24.2 Å². The van der Waals surface area contributed by atoms with Gasteiger partial charge < -0.3 is 4.74 Å². The quantitative estimate of drug-likeness (QED) is 0.807. The van der Waals surface area contributed by atoms with Crippen molar-refractivity contribution in [1.82, 2.24) is 0 Å². The molecule has 0 fully saturated rings. The van der Waals surface area contributed by atoms with Crippen LogP contribution in [0, 0.1) is 23.0 Å². The molecule has 0 aliphatic carbocycles. The minimum absolute atomic E-state index is 0.00670. The van der Waals surface area contributed by atoms with E-state index >= 15 is 0 Å². The molecule has 0 amide bonds. The van der Waals surface area contributed by atoms with Gasteiger partial charge in [0.15, 0.2) is 11.6 Å². The molecule has 5 nitrogen and oxygen atoms in total. The van der Waals surface area contributed by atoms with E-state index in [9.17, 15) is 17.2 Å². The lowest BCUT2D eigenvalue weighted by molar-refractivity contribution is 0.283. The number of nitrogens with two attached hydrogens (primary N) is 1. The van der Waals surface area contributed by atoms with E-state index in [1.54, 1.807) is 0 Å². The first kappa shape index (κ1) is 15.3. The summed E-state index contributed by atoms with van der Waals surface area (Å²) in [6, 6.07) is 3.04. The number of halogens is 2. The second-order valence-electron chi connectivity index (χ2n) is 3.72. The summed E-state index contributed by atoms with van der Waals surface area (Å²) in [6.07, 6.45) is 1.29. The molecule has 0 atom stereocenters. The van der Waals surface area contributed by atoms with Gasteiger partial charge in [0.1, 0.15) is 10.7 Å². The Morgan fingerprint density at radius 2 is 2.00 bits per heavy atom. The molecule has 0 aliphatic rings. The molecule has 0 unspecified atom stereocenters. The number of sulfonamides is 1. The topological polar surface area (TPSA) is 93.2 Å². The fourth-order valence-corrected chi connectivity index (χ4v) is 2.06. The van der Waals surface area contributed by atoms with Crippen LogP contribution in [-0.2, 0) is 10.0 Å². The van der Waals surface area contributed by atoms with Crippen LogP contribution in [0.15, 0.2) is 17.0 Å². The molecular weight excluding hydrogens is 278 g/mol. The lowest BCUT2D eigenvalue weighted by atomic mass is 10.2. The first-order chi connectivity index (χ1) is 8.86. The summed E-state index contributed by atoms with van der Waals surface area (Å²) in [5.74, 6) is -2.79. The number of nitriles is 1. The van der Waals surface area contributed by atoms with Crippen LogP contribution in [0.5, 0.6) is 5.75 Å². The molecule has 2 N–H and O–H groups in total. The summed E-state index contributed by atoms with van der Waals surface area (Å²) in [5, 5.41) is 13.2. The molecule has 0 radical (unpaired) electrons. The summed E-state index contributed by atoms with van der Waals surface area (Å²) in [7, 11) is -4.28. The maximum Gasteiger partial charge on any atom is 0.241 e. The molecule has 1 aromatic rings. The SMILES string of the molecule is N#CCCCCOc1c(F)cc(F)cc1S(N)(=O)=O. The molecule has 19 heavy (non-hydrogen) atoms. The van der Waals surface area contributed by atoms with E-state index in [1.807, 2.05) is 6.07 Å². The van der Waals surface area contributed by atoms with Gasteiger partial charge in [0, 0.05) is 12.5 Å². The monoisotopic (exact) mass is 290 g/mol. The fourth-order valence-electron chi connectivity index (χ4n) is 1.37. The standard InChI is InChI=1S/C11H12F2N2O3S/c12-8-6-9(13)11(10(7-8)19(15,16)17)18-5-3-1-2-4-14/h6-7H,1-3,5H2,(H2,15,16,17). The van der Waals surface area contributed by atoms with Gasteiger partial charge in [-0.1, -0.05) is 0 Å². The molecule has 1 aromatic carbocycles. The first-order valence-corrected chi connectivity index (χ1v) is 6.92. The minimum Gasteiger partial charge on any atom is -0.489 e. The van der Waals surface area contributed by atoms with Crippen LogP contribution in [-0.4, -0.2) is 15.0 Å². The largest absolute Gasteiger partial charge is 0.489 e. The Bertz CT molecular complexity index is 597. The maximum absolute atomic E-state index is 13.5. The maximum atomic E-state index is 13.5. The highest BCUT2D eigenvalue weighted by Gasteiger charge is 2.21. The Morgan fingerprint density at radius 1 is 1.32 bits per heavy atom. The predicted molar refractivity (Wildman–Crippen MR) is 62.7 cm³/mol. The van der Waals surface area contributed by atoms with Crippen LogP contribution >= 0.6 is 0 Å². The lowest BCUT2D eigenvalue weighted by Gasteiger charge is -2.11. The molecule has 0 aromatic heterocycles. The number of benzene rings is 1. The molecule has 0 bridgehead atoms. The van der Waals surface area contributed by atoms with Crippen molar-refractivity contribution in [2.24, 2.45) is 5.14 Å². The van der Waals surface area contributed by atoms with E-state index in [-0.39, 0.29) is 6.61 Å². The van der Waals surface area contributed by atoms with E-state index in [4.69, 9.17) is 15.1 Å². The number of primary sulfonamides is 1. The van der Waals surface area contributed by atoms with E-state index in [0.29, 0.717) is 31.4 Å². The van der Waals surface area contributed by atoms with Gasteiger partial charge in [-0.15, -0.1) is 0 Å². The van der Waals surface area contributed by atoms with Crippen LogP contribution in [0.2, 0.25) is 0 Å². The number of hydrogen-bond donors (Lipinski definition) is 1. The van der Waals surface area contributed by atoms with Crippen LogP contribution < -0.4 is 9.88 Å². The van der Waals surface area contributed by atoms with Gasteiger partial charge in [0.2, 0.25) is 10.0 Å². The van der Waals surface area contributed by atoms with Crippen molar-refractivity contribution in [2.75, 3.05) is 6.61 Å². The van der Waals surface area contributed by atoms with Gasteiger partial charge in [0.25, 0.3) is 0 Å². The molecular formula is C11H12F2N2O3S. The number of unbranched alkanes of at least 4 members (excludes halogenated alkanes) is 2. The van der Waals surface area contributed by atoms with Crippen molar-refractivity contribution >= 4 is 10.0 Å². The van der Waals surface area contributed by atoms with Gasteiger partial charge in [-0.3, -0.25) is 0 Å². The Labute approximate surface area is 109 Å². The summed E-state index contributed by atoms with van der Waals surface area (Å²) in [5.41, 5.74) is 0. The van der Waals surface area contributed by atoms with Crippen LogP contribution in [0.25, 0.3) is 0 Å². The van der Waals surface area contributed by atoms with Gasteiger partial charge in [-0.25, -0.2) is 22.3 Å². The molecule has 0 saturated heterocycles.